The van der Waals surface area contributed by atoms with Gasteiger partial charge in [-0.1, -0.05) is 6.07 Å². The van der Waals surface area contributed by atoms with Gasteiger partial charge >= 0.3 is 5.97 Å². The number of methoxy groups -OCH3 is 2. The Morgan fingerprint density at radius 2 is 1.93 bits per heavy atom. The summed E-state index contributed by atoms with van der Waals surface area (Å²) in [4.78, 5) is 11.1. The predicted molar refractivity (Wildman–Crippen MR) is 101 cm³/mol. The maximum atomic E-state index is 11.1. The summed E-state index contributed by atoms with van der Waals surface area (Å²) in [6.45, 7) is 0.819. The van der Waals surface area contributed by atoms with Gasteiger partial charge in [-0.05, 0) is 42.8 Å². The lowest BCUT2D eigenvalue weighted by atomic mass is 10.1. The van der Waals surface area contributed by atoms with Gasteiger partial charge in [0.15, 0.2) is 11.5 Å². The molecule has 0 spiro atoms. The SMILES string of the molecule is COc1cccc(-c2nn(-c3ccc(C(=O)O)cc3)c3c2CCN3)c1OC. The van der Waals surface area contributed by atoms with Gasteiger partial charge in [-0.15, -0.1) is 0 Å². The zero-order valence-corrected chi connectivity index (χ0v) is 15.0. The van der Waals surface area contributed by atoms with E-state index in [0.29, 0.717) is 11.5 Å². The minimum atomic E-state index is -0.952. The monoisotopic (exact) mass is 365 g/mol. The van der Waals surface area contributed by atoms with E-state index in [4.69, 9.17) is 19.7 Å². The van der Waals surface area contributed by atoms with Crippen LogP contribution in [0.3, 0.4) is 0 Å². The van der Waals surface area contributed by atoms with Crippen LogP contribution in [-0.4, -0.2) is 41.6 Å². The van der Waals surface area contributed by atoms with E-state index in [-0.39, 0.29) is 5.56 Å². The van der Waals surface area contributed by atoms with Crippen LogP contribution < -0.4 is 14.8 Å². The number of hydrogen-bond acceptors (Lipinski definition) is 5. The molecular weight excluding hydrogens is 346 g/mol. The maximum Gasteiger partial charge on any atom is 0.335 e. The number of anilines is 1. The molecule has 1 aliphatic rings. The predicted octanol–water partition coefficient (Wildman–Crippen LogP) is 3.22. The number of rotatable bonds is 5. The highest BCUT2D eigenvalue weighted by atomic mass is 16.5. The summed E-state index contributed by atoms with van der Waals surface area (Å²) >= 11 is 0. The molecule has 0 radical (unpaired) electrons. The number of carboxylic acids is 1. The number of nitrogens with zero attached hydrogens (tertiary/aromatic N) is 2. The van der Waals surface area contributed by atoms with E-state index in [2.05, 4.69) is 5.32 Å². The highest BCUT2D eigenvalue weighted by Gasteiger charge is 2.26. The van der Waals surface area contributed by atoms with Crippen molar-refractivity contribution in [1.82, 2.24) is 9.78 Å². The molecule has 0 aliphatic carbocycles. The van der Waals surface area contributed by atoms with Crippen LogP contribution in [0.25, 0.3) is 16.9 Å². The van der Waals surface area contributed by atoms with E-state index in [0.717, 1.165) is 41.3 Å². The number of fused-ring (bicyclic) bond motifs is 1. The highest BCUT2D eigenvalue weighted by molar-refractivity contribution is 5.87. The van der Waals surface area contributed by atoms with Crippen LogP contribution in [0.15, 0.2) is 42.5 Å². The average molecular weight is 365 g/mol. The van der Waals surface area contributed by atoms with Gasteiger partial charge in [0.2, 0.25) is 0 Å². The summed E-state index contributed by atoms with van der Waals surface area (Å²) in [6.07, 6.45) is 0.845. The van der Waals surface area contributed by atoms with E-state index in [1.54, 1.807) is 38.5 Å². The van der Waals surface area contributed by atoms with Crippen molar-refractivity contribution in [3.05, 3.63) is 53.6 Å². The van der Waals surface area contributed by atoms with Crippen LogP contribution in [0.5, 0.6) is 11.5 Å². The summed E-state index contributed by atoms with van der Waals surface area (Å²) in [6, 6.07) is 12.4. The molecule has 4 rings (SSSR count). The average Bonchev–Trinajstić information content (AvgIpc) is 3.30. The van der Waals surface area contributed by atoms with Gasteiger partial charge in [0.1, 0.15) is 11.5 Å². The Balaban J connectivity index is 1.86. The summed E-state index contributed by atoms with van der Waals surface area (Å²) in [7, 11) is 3.22. The lowest BCUT2D eigenvalue weighted by Gasteiger charge is -2.11. The topological polar surface area (TPSA) is 85.6 Å². The number of para-hydroxylation sites is 1. The van der Waals surface area contributed by atoms with Gasteiger partial charge in [-0.25, -0.2) is 9.48 Å². The Morgan fingerprint density at radius 1 is 1.15 bits per heavy atom. The lowest BCUT2D eigenvalue weighted by molar-refractivity contribution is 0.0697. The Kier molecular flexibility index (Phi) is 4.19. The fourth-order valence-electron chi connectivity index (χ4n) is 3.40. The molecule has 1 aliphatic heterocycles. The van der Waals surface area contributed by atoms with Crippen molar-refractivity contribution in [3.63, 3.8) is 0 Å². The summed E-state index contributed by atoms with van der Waals surface area (Å²) in [5.41, 5.74) is 3.82. The zero-order valence-electron chi connectivity index (χ0n) is 15.0. The van der Waals surface area contributed by atoms with Crippen LogP contribution in [0.4, 0.5) is 5.82 Å². The fourth-order valence-corrected chi connectivity index (χ4v) is 3.40. The number of nitrogens with one attached hydrogen (secondary N) is 1. The van der Waals surface area contributed by atoms with E-state index in [1.165, 1.54) is 0 Å². The second kappa shape index (κ2) is 6.68. The van der Waals surface area contributed by atoms with Crippen molar-refractivity contribution in [2.45, 2.75) is 6.42 Å². The van der Waals surface area contributed by atoms with Crippen molar-refractivity contribution < 1.29 is 19.4 Å². The highest BCUT2D eigenvalue weighted by Crippen LogP contribution is 2.42. The first-order chi connectivity index (χ1) is 13.1. The molecule has 0 unspecified atom stereocenters. The number of carbonyl (C=O) groups is 1. The molecular formula is C20H19N3O4. The van der Waals surface area contributed by atoms with Crippen molar-refractivity contribution >= 4 is 11.8 Å². The Bertz CT molecular complexity index is 1010. The van der Waals surface area contributed by atoms with Gasteiger partial charge in [0, 0.05) is 17.7 Å². The number of aromatic nitrogens is 2. The maximum absolute atomic E-state index is 11.1. The number of carboxylic acid groups (broad SMARTS) is 1. The number of ether oxygens (including phenoxy) is 2. The van der Waals surface area contributed by atoms with Crippen molar-refractivity contribution in [2.24, 2.45) is 0 Å². The Morgan fingerprint density at radius 3 is 2.59 bits per heavy atom. The van der Waals surface area contributed by atoms with Gasteiger partial charge in [0.25, 0.3) is 0 Å². The van der Waals surface area contributed by atoms with Gasteiger partial charge in [0.05, 0.1) is 25.5 Å². The molecule has 7 heteroatoms. The zero-order chi connectivity index (χ0) is 19.0. The molecule has 2 heterocycles. The third-order valence-corrected chi connectivity index (χ3v) is 4.67. The smallest absolute Gasteiger partial charge is 0.335 e. The van der Waals surface area contributed by atoms with Crippen LogP contribution >= 0.6 is 0 Å². The van der Waals surface area contributed by atoms with E-state index < -0.39 is 5.97 Å². The molecule has 7 nitrogen and oxygen atoms in total. The quantitative estimate of drug-likeness (QED) is 0.722. The molecule has 138 valence electrons. The number of aromatic carboxylic acids is 1. The largest absolute Gasteiger partial charge is 0.493 e. The van der Waals surface area contributed by atoms with Crippen LogP contribution in [0.2, 0.25) is 0 Å². The Hall–Kier alpha value is -3.48. The third kappa shape index (κ3) is 2.77. The molecule has 27 heavy (non-hydrogen) atoms. The van der Waals surface area contributed by atoms with Crippen LogP contribution in [0.1, 0.15) is 15.9 Å². The molecule has 0 fully saturated rings. The molecule has 0 saturated carbocycles. The van der Waals surface area contributed by atoms with Crippen LogP contribution in [0, 0.1) is 0 Å². The second-order valence-corrected chi connectivity index (χ2v) is 6.16. The fraction of sp³-hybridized carbons (Fsp3) is 0.200. The second-order valence-electron chi connectivity index (χ2n) is 6.16. The standard InChI is InChI=1S/C20H19N3O4/c1-26-16-5-3-4-14(18(16)27-2)17-15-10-11-21-19(15)23(22-17)13-8-6-12(7-9-13)20(24)25/h3-9,21H,10-11H2,1-2H3,(H,24,25). The molecule has 0 saturated heterocycles. The normalized spacial score (nSPS) is 12.4. The first-order valence-electron chi connectivity index (χ1n) is 8.55. The molecule has 2 aromatic carbocycles. The van der Waals surface area contributed by atoms with E-state index in [9.17, 15) is 4.79 Å². The first kappa shape index (κ1) is 17.0. The number of hydrogen-bond donors (Lipinski definition) is 2. The van der Waals surface area contributed by atoms with Crippen molar-refractivity contribution in [1.29, 1.82) is 0 Å². The molecule has 0 atom stereocenters. The van der Waals surface area contributed by atoms with Gasteiger partial charge in [-0.2, -0.15) is 5.10 Å². The summed E-state index contributed by atoms with van der Waals surface area (Å²) in [5, 5.41) is 17.3. The van der Waals surface area contributed by atoms with Crippen molar-refractivity contribution in [3.8, 4) is 28.4 Å². The minimum absolute atomic E-state index is 0.241. The molecule has 1 aromatic heterocycles. The van der Waals surface area contributed by atoms with Gasteiger partial charge in [-0.3, -0.25) is 0 Å². The van der Waals surface area contributed by atoms with Gasteiger partial charge < -0.3 is 19.9 Å². The minimum Gasteiger partial charge on any atom is -0.493 e. The third-order valence-electron chi connectivity index (χ3n) is 4.67. The lowest BCUT2D eigenvalue weighted by Crippen LogP contribution is -2.05. The molecule has 0 amide bonds. The number of benzene rings is 2. The summed E-state index contributed by atoms with van der Waals surface area (Å²) in [5.74, 6) is 1.25. The molecule has 2 N–H and O–H groups in total. The van der Waals surface area contributed by atoms with Crippen LogP contribution in [-0.2, 0) is 6.42 Å². The van der Waals surface area contributed by atoms with E-state index in [1.807, 2.05) is 22.9 Å². The molecule has 3 aromatic rings. The Labute approximate surface area is 156 Å². The first-order valence-corrected chi connectivity index (χ1v) is 8.55. The summed E-state index contributed by atoms with van der Waals surface area (Å²) < 4.78 is 12.8. The van der Waals surface area contributed by atoms with E-state index >= 15 is 0 Å². The molecule has 0 bridgehead atoms. The van der Waals surface area contributed by atoms with Crippen molar-refractivity contribution in [2.75, 3.05) is 26.1 Å².